The highest BCUT2D eigenvalue weighted by Crippen LogP contribution is 2.40. The normalized spacial score (nSPS) is 36.6. The number of ether oxygens (including phenoxy) is 1. The van der Waals surface area contributed by atoms with Gasteiger partial charge in [-0.1, -0.05) is 6.42 Å². The first-order chi connectivity index (χ1) is 8.22. The van der Waals surface area contributed by atoms with Crippen molar-refractivity contribution in [1.82, 2.24) is 4.90 Å². The van der Waals surface area contributed by atoms with Gasteiger partial charge in [-0.3, -0.25) is 9.69 Å². The minimum Gasteiger partial charge on any atom is -0.377 e. The Morgan fingerprint density at radius 3 is 2.35 bits per heavy atom. The molecule has 17 heavy (non-hydrogen) atoms. The second kappa shape index (κ2) is 4.36. The van der Waals surface area contributed by atoms with Crippen molar-refractivity contribution in [2.45, 2.75) is 69.1 Å². The van der Waals surface area contributed by atoms with E-state index in [-0.39, 0.29) is 5.60 Å². The number of hydrogen-bond acceptors (Lipinski definition) is 3. The minimum absolute atomic E-state index is 0.119. The molecule has 3 aliphatic rings. The van der Waals surface area contributed by atoms with E-state index in [0.717, 1.165) is 19.4 Å². The maximum absolute atomic E-state index is 11.7. The van der Waals surface area contributed by atoms with Crippen LogP contribution in [0.2, 0.25) is 0 Å². The molecule has 1 aliphatic carbocycles. The van der Waals surface area contributed by atoms with Gasteiger partial charge in [-0.05, 0) is 32.1 Å². The standard InChI is InChI=1S/C14H23NO2/c1-17-14(6-3-7-14)10-15-11-4-2-5-12(15)9-13(16)8-11/h11-12H,2-10H2,1H3. The van der Waals surface area contributed by atoms with Crippen LogP contribution in [0.4, 0.5) is 0 Å². The fourth-order valence-corrected chi connectivity index (χ4v) is 3.86. The zero-order valence-electron chi connectivity index (χ0n) is 10.8. The Hall–Kier alpha value is -0.410. The molecule has 2 bridgehead atoms. The Bertz CT molecular complexity index is 290. The molecule has 1 saturated carbocycles. The minimum atomic E-state index is 0.119. The summed E-state index contributed by atoms with van der Waals surface area (Å²) in [6.45, 7) is 1.06. The topological polar surface area (TPSA) is 29.5 Å². The lowest BCUT2D eigenvalue weighted by molar-refractivity contribution is -0.138. The molecule has 3 heteroatoms. The zero-order chi connectivity index (χ0) is 11.9. The van der Waals surface area contributed by atoms with Gasteiger partial charge in [-0.15, -0.1) is 0 Å². The van der Waals surface area contributed by atoms with Gasteiger partial charge in [0.15, 0.2) is 0 Å². The number of piperidine rings is 2. The summed E-state index contributed by atoms with van der Waals surface area (Å²) in [7, 11) is 1.85. The number of carbonyl (C=O) groups is 1. The fraction of sp³-hybridized carbons (Fsp3) is 0.929. The van der Waals surface area contributed by atoms with Gasteiger partial charge in [0.1, 0.15) is 5.78 Å². The third kappa shape index (κ3) is 2.04. The molecule has 2 aliphatic heterocycles. The lowest BCUT2D eigenvalue weighted by Gasteiger charge is -2.51. The van der Waals surface area contributed by atoms with E-state index in [0.29, 0.717) is 17.9 Å². The van der Waals surface area contributed by atoms with Crippen LogP contribution in [0, 0.1) is 0 Å². The summed E-state index contributed by atoms with van der Waals surface area (Å²) < 4.78 is 5.74. The van der Waals surface area contributed by atoms with Crippen LogP contribution >= 0.6 is 0 Å². The fourth-order valence-electron chi connectivity index (χ4n) is 3.86. The third-order valence-corrected chi connectivity index (χ3v) is 5.11. The van der Waals surface area contributed by atoms with E-state index in [1.807, 2.05) is 7.11 Å². The Labute approximate surface area is 104 Å². The second-order valence-electron chi connectivity index (χ2n) is 6.10. The van der Waals surface area contributed by atoms with Gasteiger partial charge in [0.2, 0.25) is 0 Å². The predicted octanol–water partition coefficient (Wildman–Crippen LogP) is 2.14. The van der Waals surface area contributed by atoms with Crippen molar-refractivity contribution in [3.05, 3.63) is 0 Å². The number of carbonyl (C=O) groups excluding carboxylic acids is 1. The van der Waals surface area contributed by atoms with Gasteiger partial charge in [0, 0.05) is 38.6 Å². The summed E-state index contributed by atoms with van der Waals surface area (Å²) in [5.41, 5.74) is 0.119. The number of rotatable bonds is 3. The van der Waals surface area contributed by atoms with Crippen LogP contribution in [0.5, 0.6) is 0 Å². The molecule has 2 unspecified atom stereocenters. The van der Waals surface area contributed by atoms with Gasteiger partial charge >= 0.3 is 0 Å². The molecule has 0 aromatic heterocycles. The Balaban J connectivity index is 1.71. The highest BCUT2D eigenvalue weighted by atomic mass is 16.5. The smallest absolute Gasteiger partial charge is 0.136 e. The summed E-state index contributed by atoms with van der Waals surface area (Å²) in [6.07, 6.45) is 9.01. The van der Waals surface area contributed by atoms with Crippen molar-refractivity contribution >= 4 is 5.78 Å². The number of ketones is 1. The lowest BCUT2D eigenvalue weighted by Crippen LogP contribution is -2.59. The lowest BCUT2D eigenvalue weighted by atomic mass is 9.76. The molecular formula is C14H23NO2. The van der Waals surface area contributed by atoms with Crippen LogP contribution in [0.15, 0.2) is 0 Å². The maximum atomic E-state index is 11.7. The summed E-state index contributed by atoms with van der Waals surface area (Å²) in [6, 6.07) is 1.03. The first-order valence-electron chi connectivity index (χ1n) is 7.05. The first kappa shape index (κ1) is 11.7. The van der Waals surface area contributed by atoms with Crippen molar-refractivity contribution in [2.75, 3.05) is 13.7 Å². The summed E-state index contributed by atoms with van der Waals surface area (Å²) in [5.74, 6) is 0.482. The van der Waals surface area contributed by atoms with Crippen molar-refractivity contribution in [1.29, 1.82) is 0 Å². The number of fused-ring (bicyclic) bond motifs is 2. The second-order valence-corrected chi connectivity index (χ2v) is 6.10. The molecule has 2 atom stereocenters. The average Bonchev–Trinajstić information content (AvgIpc) is 2.24. The maximum Gasteiger partial charge on any atom is 0.136 e. The predicted molar refractivity (Wildman–Crippen MR) is 66.0 cm³/mol. The molecule has 3 nitrogen and oxygen atoms in total. The van der Waals surface area contributed by atoms with Gasteiger partial charge in [-0.25, -0.2) is 0 Å². The van der Waals surface area contributed by atoms with Gasteiger partial charge in [0.25, 0.3) is 0 Å². The molecule has 0 radical (unpaired) electrons. The van der Waals surface area contributed by atoms with Crippen molar-refractivity contribution in [3.8, 4) is 0 Å². The molecule has 2 heterocycles. The van der Waals surface area contributed by atoms with Crippen molar-refractivity contribution in [3.63, 3.8) is 0 Å². The average molecular weight is 237 g/mol. The highest BCUT2D eigenvalue weighted by Gasteiger charge is 2.45. The van der Waals surface area contributed by atoms with Crippen LogP contribution in [-0.2, 0) is 9.53 Å². The third-order valence-electron chi connectivity index (χ3n) is 5.11. The van der Waals surface area contributed by atoms with E-state index in [9.17, 15) is 4.79 Å². The van der Waals surface area contributed by atoms with E-state index >= 15 is 0 Å². The molecule has 0 spiro atoms. The van der Waals surface area contributed by atoms with E-state index in [4.69, 9.17) is 4.74 Å². The van der Waals surface area contributed by atoms with Crippen LogP contribution < -0.4 is 0 Å². The molecule has 0 amide bonds. The Morgan fingerprint density at radius 1 is 1.24 bits per heavy atom. The van der Waals surface area contributed by atoms with Crippen molar-refractivity contribution < 1.29 is 9.53 Å². The van der Waals surface area contributed by atoms with E-state index in [1.54, 1.807) is 0 Å². The van der Waals surface area contributed by atoms with Crippen LogP contribution in [0.25, 0.3) is 0 Å². The van der Waals surface area contributed by atoms with Crippen LogP contribution in [-0.4, -0.2) is 42.0 Å². The summed E-state index contributed by atoms with van der Waals surface area (Å²) >= 11 is 0. The van der Waals surface area contributed by atoms with Gasteiger partial charge in [0.05, 0.1) is 5.60 Å². The summed E-state index contributed by atoms with van der Waals surface area (Å²) in [5, 5.41) is 0. The molecular weight excluding hydrogens is 214 g/mol. The zero-order valence-corrected chi connectivity index (χ0v) is 10.8. The molecule has 0 aromatic rings. The molecule has 0 N–H and O–H groups in total. The highest BCUT2D eigenvalue weighted by molar-refractivity contribution is 5.80. The molecule has 96 valence electrons. The van der Waals surface area contributed by atoms with E-state index < -0.39 is 0 Å². The number of nitrogens with zero attached hydrogens (tertiary/aromatic N) is 1. The first-order valence-corrected chi connectivity index (χ1v) is 7.05. The quantitative estimate of drug-likeness (QED) is 0.753. The van der Waals surface area contributed by atoms with Gasteiger partial charge in [-0.2, -0.15) is 0 Å². The number of methoxy groups -OCH3 is 1. The number of hydrogen-bond donors (Lipinski definition) is 0. The monoisotopic (exact) mass is 237 g/mol. The van der Waals surface area contributed by atoms with Crippen LogP contribution in [0.1, 0.15) is 51.4 Å². The Kier molecular flexibility index (Phi) is 2.99. The van der Waals surface area contributed by atoms with Crippen molar-refractivity contribution in [2.24, 2.45) is 0 Å². The largest absolute Gasteiger partial charge is 0.377 e. The molecule has 3 rings (SSSR count). The Morgan fingerprint density at radius 2 is 1.88 bits per heavy atom. The van der Waals surface area contributed by atoms with E-state index in [1.165, 1.54) is 38.5 Å². The number of Topliss-reactive ketones (excluding diaryl/α,β-unsaturated/α-hetero) is 1. The van der Waals surface area contributed by atoms with Crippen LogP contribution in [0.3, 0.4) is 0 Å². The van der Waals surface area contributed by atoms with E-state index in [2.05, 4.69) is 4.90 Å². The molecule has 0 aromatic carbocycles. The SMILES string of the molecule is COC1(CN2C3CCCC2CC(=O)C3)CCC1. The molecule has 2 saturated heterocycles. The molecule has 3 fully saturated rings. The summed E-state index contributed by atoms with van der Waals surface area (Å²) in [4.78, 5) is 14.3. The van der Waals surface area contributed by atoms with Gasteiger partial charge < -0.3 is 4.74 Å².